The van der Waals surface area contributed by atoms with Crippen LogP contribution in [0.1, 0.15) is 47.1 Å². The van der Waals surface area contributed by atoms with Crippen LogP contribution in [0.5, 0.6) is 0 Å². The molecule has 0 spiro atoms. The lowest BCUT2D eigenvalue weighted by molar-refractivity contribution is 0.102. The Morgan fingerprint density at radius 2 is 2.00 bits per heavy atom. The molecule has 5 nitrogen and oxygen atoms in total. The van der Waals surface area contributed by atoms with Gasteiger partial charge in [0.25, 0.3) is 0 Å². The molecule has 0 aliphatic carbocycles. The Morgan fingerprint density at radius 1 is 1.32 bits per heavy atom. The monoisotopic (exact) mass is 400 g/mol. The van der Waals surface area contributed by atoms with Crippen molar-refractivity contribution in [1.29, 1.82) is 0 Å². The summed E-state index contributed by atoms with van der Waals surface area (Å²) in [4.78, 5) is 14.8. The first kappa shape index (κ1) is 18.9. The SMILES string of the molecule is Cc1cc(C(=O)CSC(=S)N2CCCC2)c(C)n1[C@H]1CCS(=O)(=O)C1. The maximum atomic E-state index is 12.7. The fourth-order valence-electron chi connectivity index (χ4n) is 3.80. The Hall–Kier alpha value is -0.860. The zero-order valence-electron chi connectivity index (χ0n) is 14.7. The van der Waals surface area contributed by atoms with Gasteiger partial charge >= 0.3 is 0 Å². The van der Waals surface area contributed by atoms with E-state index in [9.17, 15) is 13.2 Å². The number of nitrogens with zero attached hydrogens (tertiary/aromatic N) is 2. The van der Waals surface area contributed by atoms with Gasteiger partial charge in [0, 0.05) is 36.1 Å². The molecule has 0 bridgehead atoms. The topological polar surface area (TPSA) is 59.4 Å². The molecular formula is C17H24N2O3S3. The minimum absolute atomic E-state index is 0.0510. The van der Waals surface area contributed by atoms with Gasteiger partial charge in [-0.1, -0.05) is 24.0 Å². The van der Waals surface area contributed by atoms with Crippen molar-refractivity contribution in [1.82, 2.24) is 9.47 Å². The quantitative estimate of drug-likeness (QED) is 0.572. The standard InChI is InChI=1S/C17H24N2O3S3/c1-12-9-15(13(2)19(12)14-5-8-25(21,22)11-14)16(20)10-24-17(23)18-6-3-4-7-18/h9,14H,3-8,10-11H2,1-2H3/t14-/m0/s1. The zero-order valence-corrected chi connectivity index (χ0v) is 17.1. The third kappa shape index (κ3) is 4.11. The Balaban J connectivity index is 1.69. The van der Waals surface area contributed by atoms with Gasteiger partial charge in [-0.3, -0.25) is 4.79 Å². The molecule has 1 aromatic rings. The van der Waals surface area contributed by atoms with Crippen LogP contribution >= 0.6 is 24.0 Å². The Kier molecular flexibility index (Phi) is 5.60. The second-order valence-electron chi connectivity index (χ2n) is 6.88. The molecule has 25 heavy (non-hydrogen) atoms. The molecule has 1 aromatic heterocycles. The molecule has 0 amide bonds. The lowest BCUT2D eigenvalue weighted by Crippen LogP contribution is -2.24. The Labute approximate surface area is 159 Å². The summed E-state index contributed by atoms with van der Waals surface area (Å²) in [6, 6.07) is 1.84. The lowest BCUT2D eigenvalue weighted by Gasteiger charge is -2.17. The van der Waals surface area contributed by atoms with Gasteiger partial charge in [-0.25, -0.2) is 8.42 Å². The average molecular weight is 401 g/mol. The second kappa shape index (κ2) is 7.40. The van der Waals surface area contributed by atoms with Crippen molar-refractivity contribution in [3.63, 3.8) is 0 Å². The molecule has 2 fully saturated rings. The van der Waals surface area contributed by atoms with Crippen LogP contribution in [0.25, 0.3) is 0 Å². The van der Waals surface area contributed by atoms with E-state index in [1.807, 2.05) is 24.5 Å². The number of aromatic nitrogens is 1. The van der Waals surface area contributed by atoms with E-state index in [-0.39, 0.29) is 23.3 Å². The van der Waals surface area contributed by atoms with E-state index in [4.69, 9.17) is 12.2 Å². The van der Waals surface area contributed by atoms with Crippen molar-refractivity contribution in [2.75, 3.05) is 30.3 Å². The van der Waals surface area contributed by atoms with Gasteiger partial charge in [0.15, 0.2) is 15.6 Å². The number of rotatable bonds is 4. The molecule has 2 aliphatic rings. The fourth-order valence-corrected chi connectivity index (χ4v) is 6.63. The minimum atomic E-state index is -2.95. The number of thioether (sulfide) groups is 1. The molecule has 0 aromatic carbocycles. The molecule has 138 valence electrons. The number of Topliss-reactive ketones (excluding diaryl/α,β-unsaturated/α-hetero) is 1. The average Bonchev–Trinajstić information content (AvgIpc) is 3.25. The summed E-state index contributed by atoms with van der Waals surface area (Å²) in [5.41, 5.74) is 2.52. The molecule has 2 aliphatic heterocycles. The molecule has 2 saturated heterocycles. The highest BCUT2D eigenvalue weighted by Crippen LogP contribution is 2.29. The number of thiocarbonyl (C=S) groups is 1. The first-order valence-corrected chi connectivity index (χ1v) is 11.8. The molecule has 8 heteroatoms. The molecular weight excluding hydrogens is 376 g/mol. The second-order valence-corrected chi connectivity index (χ2v) is 10.7. The van der Waals surface area contributed by atoms with E-state index in [0.29, 0.717) is 17.7 Å². The van der Waals surface area contributed by atoms with Crippen molar-refractivity contribution in [2.24, 2.45) is 0 Å². The maximum Gasteiger partial charge on any atom is 0.174 e. The van der Waals surface area contributed by atoms with Crippen molar-refractivity contribution in [2.45, 2.75) is 39.2 Å². The highest BCUT2D eigenvalue weighted by Gasteiger charge is 2.31. The molecule has 0 radical (unpaired) electrons. The number of ketones is 1. The third-order valence-electron chi connectivity index (χ3n) is 5.05. The predicted octanol–water partition coefficient (Wildman–Crippen LogP) is 2.76. The van der Waals surface area contributed by atoms with E-state index in [1.165, 1.54) is 24.6 Å². The highest BCUT2D eigenvalue weighted by atomic mass is 32.2. The number of hydrogen-bond acceptors (Lipinski definition) is 5. The molecule has 0 N–H and O–H groups in total. The molecule has 1 atom stereocenters. The number of likely N-dealkylation sites (tertiary alicyclic amines) is 1. The summed E-state index contributed by atoms with van der Waals surface area (Å²) in [7, 11) is -2.95. The van der Waals surface area contributed by atoms with E-state index >= 15 is 0 Å². The predicted molar refractivity (Wildman–Crippen MR) is 106 cm³/mol. The summed E-state index contributed by atoms with van der Waals surface area (Å²) < 4.78 is 26.4. The van der Waals surface area contributed by atoms with Gasteiger partial charge in [-0.2, -0.15) is 0 Å². The lowest BCUT2D eigenvalue weighted by atomic mass is 10.2. The van der Waals surface area contributed by atoms with Crippen LogP contribution in [0, 0.1) is 13.8 Å². The van der Waals surface area contributed by atoms with Crippen LogP contribution in [-0.4, -0.2) is 58.3 Å². The first-order valence-electron chi connectivity index (χ1n) is 8.62. The summed E-state index contributed by atoms with van der Waals surface area (Å²) in [5, 5.41) is 0. The van der Waals surface area contributed by atoms with Gasteiger partial charge in [0.05, 0.1) is 17.3 Å². The summed E-state index contributed by atoms with van der Waals surface area (Å²) in [5.74, 6) is 0.803. The van der Waals surface area contributed by atoms with E-state index < -0.39 is 9.84 Å². The van der Waals surface area contributed by atoms with Crippen LogP contribution in [0.2, 0.25) is 0 Å². The summed E-state index contributed by atoms with van der Waals surface area (Å²) in [6.45, 7) is 5.83. The van der Waals surface area contributed by atoms with Crippen molar-refractivity contribution in [3.8, 4) is 0 Å². The van der Waals surface area contributed by atoms with Gasteiger partial charge in [-0.15, -0.1) is 0 Å². The number of carbonyl (C=O) groups excluding carboxylic acids is 1. The van der Waals surface area contributed by atoms with Crippen LogP contribution in [0.4, 0.5) is 0 Å². The van der Waals surface area contributed by atoms with Gasteiger partial charge < -0.3 is 9.47 Å². The minimum Gasteiger partial charge on any atom is -0.358 e. The van der Waals surface area contributed by atoms with Crippen LogP contribution in [-0.2, 0) is 9.84 Å². The first-order chi connectivity index (χ1) is 11.8. The number of carbonyl (C=O) groups is 1. The molecule has 3 rings (SSSR count). The van der Waals surface area contributed by atoms with Crippen LogP contribution in [0.3, 0.4) is 0 Å². The van der Waals surface area contributed by atoms with Gasteiger partial charge in [0.2, 0.25) is 0 Å². The number of hydrogen-bond donors (Lipinski definition) is 0. The van der Waals surface area contributed by atoms with Gasteiger partial charge in [-0.05, 0) is 39.2 Å². The highest BCUT2D eigenvalue weighted by molar-refractivity contribution is 8.23. The van der Waals surface area contributed by atoms with Crippen molar-refractivity contribution < 1.29 is 13.2 Å². The number of aryl methyl sites for hydroxylation is 1. The molecule has 3 heterocycles. The third-order valence-corrected chi connectivity index (χ3v) is 8.32. The van der Waals surface area contributed by atoms with Gasteiger partial charge in [0.1, 0.15) is 4.32 Å². The zero-order chi connectivity index (χ0) is 18.2. The normalized spacial score (nSPS) is 22.5. The van der Waals surface area contributed by atoms with Crippen molar-refractivity contribution >= 4 is 43.9 Å². The van der Waals surface area contributed by atoms with Crippen molar-refractivity contribution in [3.05, 3.63) is 23.0 Å². The fraction of sp³-hybridized carbons (Fsp3) is 0.647. The molecule has 0 unspecified atom stereocenters. The maximum absolute atomic E-state index is 12.7. The van der Waals surface area contributed by atoms with E-state index in [0.717, 1.165) is 28.8 Å². The van der Waals surface area contributed by atoms with Crippen LogP contribution < -0.4 is 0 Å². The summed E-state index contributed by atoms with van der Waals surface area (Å²) >= 11 is 6.86. The summed E-state index contributed by atoms with van der Waals surface area (Å²) in [6.07, 6.45) is 2.96. The van der Waals surface area contributed by atoms with E-state index in [1.54, 1.807) is 0 Å². The Morgan fingerprint density at radius 3 is 2.60 bits per heavy atom. The largest absolute Gasteiger partial charge is 0.358 e. The molecule has 0 saturated carbocycles. The smallest absolute Gasteiger partial charge is 0.174 e. The van der Waals surface area contributed by atoms with E-state index in [2.05, 4.69) is 4.90 Å². The Bertz CT molecular complexity index is 792. The van der Waals surface area contributed by atoms with Crippen LogP contribution in [0.15, 0.2) is 6.07 Å². The number of sulfone groups is 1.